The number of carbonyl (C=O) groups excluding carboxylic acids is 1. The highest BCUT2D eigenvalue weighted by Gasteiger charge is 2.28. The molecule has 1 aliphatic carbocycles. The van der Waals surface area contributed by atoms with E-state index in [-0.39, 0.29) is 5.78 Å². The van der Waals surface area contributed by atoms with Gasteiger partial charge in [-0.05, 0) is 31.9 Å². The highest BCUT2D eigenvalue weighted by Crippen LogP contribution is 2.38. The summed E-state index contributed by atoms with van der Waals surface area (Å²) in [5.41, 5.74) is 1.56. The standard InChI is InChI=1S/C14H15N3O2/c1-9(18)11-3-2-4-12(7-11)15-8-13-16-14(17-19-13)10-5-6-10/h2-4,7,10,15H,5-6,8H2,1H3. The average Bonchev–Trinajstić information content (AvgIpc) is 3.16. The number of nitrogens with zero attached hydrogens (tertiary/aromatic N) is 2. The van der Waals surface area contributed by atoms with Crippen LogP contribution in [0.4, 0.5) is 5.69 Å². The normalized spacial score (nSPS) is 14.4. The minimum Gasteiger partial charge on any atom is -0.376 e. The van der Waals surface area contributed by atoms with Crippen molar-refractivity contribution in [1.29, 1.82) is 0 Å². The third kappa shape index (κ3) is 2.81. The van der Waals surface area contributed by atoms with Crippen LogP contribution < -0.4 is 5.32 Å². The van der Waals surface area contributed by atoms with E-state index in [2.05, 4.69) is 15.5 Å². The third-order valence-corrected chi connectivity index (χ3v) is 3.14. The van der Waals surface area contributed by atoms with Crippen molar-refractivity contribution in [2.45, 2.75) is 32.2 Å². The molecule has 19 heavy (non-hydrogen) atoms. The van der Waals surface area contributed by atoms with E-state index in [1.807, 2.05) is 18.2 Å². The molecule has 0 saturated heterocycles. The van der Waals surface area contributed by atoms with E-state index in [0.717, 1.165) is 24.4 Å². The molecule has 1 saturated carbocycles. The number of ketones is 1. The largest absolute Gasteiger partial charge is 0.376 e. The predicted molar refractivity (Wildman–Crippen MR) is 70.0 cm³/mol. The molecule has 0 unspecified atom stereocenters. The molecule has 98 valence electrons. The Morgan fingerprint density at radius 2 is 2.32 bits per heavy atom. The summed E-state index contributed by atoms with van der Waals surface area (Å²) < 4.78 is 5.17. The molecule has 0 spiro atoms. The molecule has 1 fully saturated rings. The molecular formula is C14H15N3O2. The summed E-state index contributed by atoms with van der Waals surface area (Å²) in [4.78, 5) is 15.6. The van der Waals surface area contributed by atoms with Crippen LogP contribution in [0, 0.1) is 0 Å². The van der Waals surface area contributed by atoms with Gasteiger partial charge in [-0.3, -0.25) is 4.79 Å². The Morgan fingerprint density at radius 3 is 3.05 bits per heavy atom. The molecule has 2 aromatic rings. The van der Waals surface area contributed by atoms with Crippen LogP contribution in [-0.2, 0) is 6.54 Å². The zero-order valence-corrected chi connectivity index (χ0v) is 10.7. The maximum Gasteiger partial charge on any atom is 0.245 e. The third-order valence-electron chi connectivity index (χ3n) is 3.14. The summed E-state index contributed by atoms with van der Waals surface area (Å²) in [5.74, 6) is 1.94. The lowest BCUT2D eigenvalue weighted by atomic mass is 10.1. The predicted octanol–water partition coefficient (Wildman–Crippen LogP) is 2.76. The Hall–Kier alpha value is -2.17. The number of rotatable bonds is 5. The first kappa shape index (κ1) is 11.9. The lowest BCUT2D eigenvalue weighted by molar-refractivity contribution is 0.101. The van der Waals surface area contributed by atoms with Crippen LogP contribution in [0.5, 0.6) is 0 Å². The molecule has 1 N–H and O–H groups in total. The number of Topliss-reactive ketones (excluding diaryl/α,β-unsaturated/α-hetero) is 1. The van der Waals surface area contributed by atoms with E-state index >= 15 is 0 Å². The van der Waals surface area contributed by atoms with Crippen molar-refractivity contribution in [2.75, 3.05) is 5.32 Å². The van der Waals surface area contributed by atoms with Gasteiger partial charge >= 0.3 is 0 Å². The molecule has 1 aliphatic rings. The van der Waals surface area contributed by atoms with Crippen molar-refractivity contribution >= 4 is 11.5 Å². The number of benzene rings is 1. The molecule has 0 aliphatic heterocycles. The smallest absolute Gasteiger partial charge is 0.245 e. The van der Waals surface area contributed by atoms with Gasteiger partial charge in [0.1, 0.15) is 0 Å². The van der Waals surface area contributed by atoms with Crippen molar-refractivity contribution in [3.8, 4) is 0 Å². The molecule has 3 rings (SSSR count). The second-order valence-electron chi connectivity index (χ2n) is 4.81. The number of hydrogen-bond donors (Lipinski definition) is 1. The molecule has 5 nitrogen and oxygen atoms in total. The highest BCUT2D eigenvalue weighted by molar-refractivity contribution is 5.94. The fraction of sp³-hybridized carbons (Fsp3) is 0.357. The van der Waals surface area contributed by atoms with Crippen LogP contribution in [-0.4, -0.2) is 15.9 Å². The van der Waals surface area contributed by atoms with E-state index in [9.17, 15) is 4.79 Å². The van der Waals surface area contributed by atoms with Gasteiger partial charge < -0.3 is 9.84 Å². The summed E-state index contributed by atoms with van der Waals surface area (Å²) in [6, 6.07) is 7.37. The number of hydrogen-bond acceptors (Lipinski definition) is 5. The Bertz CT molecular complexity index is 602. The monoisotopic (exact) mass is 257 g/mol. The summed E-state index contributed by atoms with van der Waals surface area (Å²) >= 11 is 0. The van der Waals surface area contributed by atoms with Crippen molar-refractivity contribution in [3.05, 3.63) is 41.5 Å². The first-order chi connectivity index (χ1) is 9.22. The fourth-order valence-electron chi connectivity index (χ4n) is 1.87. The molecular weight excluding hydrogens is 242 g/mol. The topological polar surface area (TPSA) is 68.0 Å². The van der Waals surface area contributed by atoms with Crippen LogP contribution in [0.3, 0.4) is 0 Å². The van der Waals surface area contributed by atoms with E-state index in [4.69, 9.17) is 4.52 Å². The van der Waals surface area contributed by atoms with Gasteiger partial charge in [-0.1, -0.05) is 17.3 Å². The molecule has 0 amide bonds. The Morgan fingerprint density at radius 1 is 1.47 bits per heavy atom. The molecule has 1 heterocycles. The van der Waals surface area contributed by atoms with Crippen LogP contribution >= 0.6 is 0 Å². The quantitative estimate of drug-likeness (QED) is 0.834. The van der Waals surface area contributed by atoms with E-state index in [1.54, 1.807) is 13.0 Å². The second-order valence-corrected chi connectivity index (χ2v) is 4.81. The van der Waals surface area contributed by atoms with Gasteiger partial charge in [0, 0.05) is 17.2 Å². The van der Waals surface area contributed by atoms with Crippen molar-refractivity contribution in [1.82, 2.24) is 10.1 Å². The molecule has 0 bridgehead atoms. The van der Waals surface area contributed by atoms with Crippen molar-refractivity contribution in [3.63, 3.8) is 0 Å². The van der Waals surface area contributed by atoms with E-state index in [1.165, 1.54) is 0 Å². The van der Waals surface area contributed by atoms with Gasteiger partial charge in [-0.15, -0.1) is 0 Å². The number of carbonyl (C=O) groups is 1. The summed E-state index contributed by atoms with van der Waals surface area (Å²) in [6.07, 6.45) is 2.32. The van der Waals surface area contributed by atoms with Gasteiger partial charge in [0.2, 0.25) is 5.89 Å². The van der Waals surface area contributed by atoms with E-state index in [0.29, 0.717) is 23.9 Å². The van der Waals surface area contributed by atoms with Crippen LogP contribution in [0.25, 0.3) is 0 Å². The Kier molecular flexibility index (Phi) is 3.03. The lowest BCUT2D eigenvalue weighted by Gasteiger charge is -2.04. The minimum absolute atomic E-state index is 0.0532. The fourth-order valence-corrected chi connectivity index (χ4v) is 1.87. The molecule has 0 radical (unpaired) electrons. The first-order valence-electron chi connectivity index (χ1n) is 6.40. The summed E-state index contributed by atoms with van der Waals surface area (Å²) in [6.45, 7) is 2.03. The van der Waals surface area contributed by atoms with Gasteiger partial charge in [0.15, 0.2) is 11.6 Å². The van der Waals surface area contributed by atoms with E-state index < -0.39 is 0 Å². The maximum atomic E-state index is 11.3. The first-order valence-corrected chi connectivity index (χ1v) is 6.40. The second kappa shape index (κ2) is 4.84. The van der Waals surface area contributed by atoms with Gasteiger partial charge in [-0.2, -0.15) is 4.98 Å². The Balaban J connectivity index is 1.64. The number of nitrogens with one attached hydrogen (secondary N) is 1. The number of anilines is 1. The van der Waals surface area contributed by atoms with Crippen LogP contribution in [0.15, 0.2) is 28.8 Å². The summed E-state index contributed by atoms with van der Waals surface area (Å²) in [7, 11) is 0. The average molecular weight is 257 g/mol. The molecule has 1 aromatic carbocycles. The zero-order valence-electron chi connectivity index (χ0n) is 10.7. The highest BCUT2D eigenvalue weighted by atomic mass is 16.5. The minimum atomic E-state index is 0.0532. The van der Waals surface area contributed by atoms with Gasteiger partial charge in [-0.25, -0.2) is 0 Å². The lowest BCUT2D eigenvalue weighted by Crippen LogP contribution is -2.01. The molecule has 0 atom stereocenters. The van der Waals surface area contributed by atoms with Crippen molar-refractivity contribution in [2.24, 2.45) is 0 Å². The van der Waals surface area contributed by atoms with Crippen molar-refractivity contribution < 1.29 is 9.32 Å². The molecule has 5 heteroatoms. The zero-order chi connectivity index (χ0) is 13.2. The summed E-state index contributed by atoms with van der Waals surface area (Å²) in [5, 5.41) is 7.14. The van der Waals surface area contributed by atoms with Gasteiger partial charge in [0.05, 0.1) is 6.54 Å². The SMILES string of the molecule is CC(=O)c1cccc(NCc2nc(C3CC3)no2)c1. The van der Waals surface area contributed by atoms with Crippen LogP contribution in [0.1, 0.15) is 47.8 Å². The number of aromatic nitrogens is 2. The van der Waals surface area contributed by atoms with Gasteiger partial charge in [0.25, 0.3) is 0 Å². The molecule has 1 aromatic heterocycles. The maximum absolute atomic E-state index is 11.3. The van der Waals surface area contributed by atoms with Crippen LogP contribution in [0.2, 0.25) is 0 Å². The Labute approximate surface area is 111 Å².